The van der Waals surface area contributed by atoms with Crippen LogP contribution in [0.25, 0.3) is 0 Å². The summed E-state index contributed by atoms with van der Waals surface area (Å²) in [6.07, 6.45) is 2.47. The molecule has 0 aliphatic carbocycles. The third-order valence-corrected chi connectivity index (χ3v) is 3.46. The summed E-state index contributed by atoms with van der Waals surface area (Å²) < 4.78 is 38.9. The van der Waals surface area contributed by atoms with Crippen molar-refractivity contribution in [3.63, 3.8) is 0 Å². The van der Waals surface area contributed by atoms with Crippen molar-refractivity contribution < 1.29 is 18.0 Å². The first-order valence-electron chi connectivity index (χ1n) is 6.70. The predicted octanol–water partition coefficient (Wildman–Crippen LogP) is 2.11. The molecular weight excluding hydrogens is 269 g/mol. The van der Waals surface area contributed by atoms with Crippen LogP contribution in [0.2, 0.25) is 0 Å². The van der Waals surface area contributed by atoms with E-state index < -0.39 is 17.5 Å². The number of halogens is 3. The molecule has 0 aromatic heterocycles. The van der Waals surface area contributed by atoms with Crippen LogP contribution in [0.1, 0.15) is 24.8 Å². The normalized spacial score (nSPS) is 19.4. The molecule has 0 bridgehead atoms. The fourth-order valence-corrected chi connectivity index (χ4v) is 2.32. The zero-order valence-electron chi connectivity index (χ0n) is 11.0. The number of benzene rings is 1. The van der Waals surface area contributed by atoms with Crippen LogP contribution in [0.15, 0.2) is 12.1 Å². The lowest BCUT2D eigenvalue weighted by molar-refractivity contribution is -0.125. The molecule has 2 N–H and O–H groups in total. The Morgan fingerprint density at radius 2 is 1.90 bits per heavy atom. The minimum atomic E-state index is -1.49. The van der Waals surface area contributed by atoms with Gasteiger partial charge in [0.1, 0.15) is 0 Å². The van der Waals surface area contributed by atoms with E-state index in [1.165, 1.54) is 0 Å². The number of hydrogen-bond acceptors (Lipinski definition) is 2. The van der Waals surface area contributed by atoms with Crippen molar-refractivity contribution in [2.75, 3.05) is 13.1 Å². The molecule has 1 aromatic rings. The average molecular weight is 286 g/mol. The predicted molar refractivity (Wildman–Crippen MR) is 68.4 cm³/mol. The molecule has 0 radical (unpaired) electrons. The van der Waals surface area contributed by atoms with Crippen molar-refractivity contribution in [3.8, 4) is 0 Å². The number of nitrogens with one attached hydrogen (secondary N) is 2. The van der Waals surface area contributed by atoms with Gasteiger partial charge in [0.15, 0.2) is 17.5 Å². The van der Waals surface area contributed by atoms with Crippen LogP contribution in [0.4, 0.5) is 13.2 Å². The molecule has 110 valence electrons. The standard InChI is InChI=1S/C14H17F3N2O/c15-11-6-9(7-12(16)13(11)17)8-19-14(20)10-2-1-4-18-5-3-10/h6-7,10,18H,1-5,8H2,(H,19,20)/t10-/m0/s1. The third kappa shape index (κ3) is 3.72. The number of carbonyl (C=O) groups excluding carboxylic acids is 1. The number of hydrogen-bond donors (Lipinski definition) is 2. The largest absolute Gasteiger partial charge is 0.352 e. The first kappa shape index (κ1) is 14.8. The van der Waals surface area contributed by atoms with Crippen LogP contribution in [0.3, 0.4) is 0 Å². The lowest BCUT2D eigenvalue weighted by atomic mass is 10.00. The maximum atomic E-state index is 13.0. The Labute approximate surface area is 115 Å². The summed E-state index contributed by atoms with van der Waals surface area (Å²) >= 11 is 0. The van der Waals surface area contributed by atoms with E-state index in [0.717, 1.165) is 44.5 Å². The van der Waals surface area contributed by atoms with Gasteiger partial charge in [0, 0.05) is 12.5 Å². The summed E-state index contributed by atoms with van der Waals surface area (Å²) in [5, 5.41) is 5.85. The van der Waals surface area contributed by atoms with E-state index >= 15 is 0 Å². The van der Waals surface area contributed by atoms with E-state index in [1.54, 1.807) is 0 Å². The zero-order chi connectivity index (χ0) is 14.5. The van der Waals surface area contributed by atoms with Gasteiger partial charge in [-0.15, -0.1) is 0 Å². The van der Waals surface area contributed by atoms with Gasteiger partial charge >= 0.3 is 0 Å². The number of amides is 1. The topological polar surface area (TPSA) is 41.1 Å². The summed E-state index contributed by atoms with van der Waals surface area (Å²) in [4.78, 5) is 12.0. The van der Waals surface area contributed by atoms with Crippen LogP contribution in [0, 0.1) is 23.4 Å². The Morgan fingerprint density at radius 3 is 2.60 bits per heavy atom. The summed E-state index contributed by atoms with van der Waals surface area (Å²) in [6, 6.07) is 1.79. The minimum absolute atomic E-state index is 0.00309. The van der Waals surface area contributed by atoms with Crippen LogP contribution >= 0.6 is 0 Å². The molecule has 20 heavy (non-hydrogen) atoms. The van der Waals surface area contributed by atoms with Gasteiger partial charge in [0.2, 0.25) is 5.91 Å². The second-order valence-corrected chi connectivity index (χ2v) is 4.97. The Morgan fingerprint density at radius 1 is 1.20 bits per heavy atom. The van der Waals surface area contributed by atoms with Crippen LogP contribution in [0.5, 0.6) is 0 Å². The lowest BCUT2D eigenvalue weighted by Crippen LogP contribution is -2.31. The van der Waals surface area contributed by atoms with Crippen LogP contribution < -0.4 is 10.6 Å². The molecule has 0 saturated carbocycles. The first-order valence-corrected chi connectivity index (χ1v) is 6.70. The van der Waals surface area contributed by atoms with Gasteiger partial charge < -0.3 is 10.6 Å². The molecule has 1 heterocycles. The molecule has 1 aliphatic heterocycles. The van der Waals surface area contributed by atoms with Crippen molar-refractivity contribution in [2.45, 2.75) is 25.8 Å². The highest BCUT2D eigenvalue weighted by Gasteiger charge is 2.19. The summed E-state index contributed by atoms with van der Waals surface area (Å²) in [5.41, 5.74) is 0.210. The van der Waals surface area contributed by atoms with Gasteiger partial charge in [-0.25, -0.2) is 13.2 Å². The Hall–Kier alpha value is -1.56. The fraction of sp³-hybridized carbons (Fsp3) is 0.500. The smallest absolute Gasteiger partial charge is 0.223 e. The van der Waals surface area contributed by atoms with E-state index in [1.807, 2.05) is 0 Å². The highest BCUT2D eigenvalue weighted by molar-refractivity contribution is 5.78. The summed E-state index contributed by atoms with van der Waals surface area (Å²) in [7, 11) is 0. The SMILES string of the molecule is O=C(NCc1cc(F)c(F)c(F)c1)[C@H]1CCCNCC1. The van der Waals surface area contributed by atoms with E-state index in [4.69, 9.17) is 0 Å². The number of carbonyl (C=O) groups is 1. The molecule has 0 unspecified atom stereocenters. The van der Waals surface area contributed by atoms with E-state index in [9.17, 15) is 18.0 Å². The van der Waals surface area contributed by atoms with Gasteiger partial charge in [0.05, 0.1) is 0 Å². The fourth-order valence-electron chi connectivity index (χ4n) is 2.32. The molecule has 1 atom stereocenters. The lowest BCUT2D eigenvalue weighted by Gasteiger charge is -2.14. The third-order valence-electron chi connectivity index (χ3n) is 3.46. The molecule has 1 fully saturated rings. The maximum Gasteiger partial charge on any atom is 0.223 e. The highest BCUT2D eigenvalue weighted by Crippen LogP contribution is 2.15. The van der Waals surface area contributed by atoms with Crippen molar-refractivity contribution >= 4 is 5.91 Å². The minimum Gasteiger partial charge on any atom is -0.352 e. The molecular formula is C14H17F3N2O. The zero-order valence-corrected chi connectivity index (χ0v) is 11.0. The molecule has 3 nitrogen and oxygen atoms in total. The van der Waals surface area contributed by atoms with E-state index in [2.05, 4.69) is 10.6 Å². The molecule has 6 heteroatoms. The summed E-state index contributed by atoms with van der Waals surface area (Å²) in [6.45, 7) is 1.69. The average Bonchev–Trinajstić information content (AvgIpc) is 2.71. The second-order valence-electron chi connectivity index (χ2n) is 4.97. The molecule has 2 rings (SSSR count). The molecule has 1 amide bonds. The van der Waals surface area contributed by atoms with Gasteiger partial charge in [0.25, 0.3) is 0 Å². The van der Waals surface area contributed by atoms with E-state index in [0.29, 0.717) is 0 Å². The second kappa shape index (κ2) is 6.74. The monoisotopic (exact) mass is 286 g/mol. The van der Waals surface area contributed by atoms with Gasteiger partial charge in [-0.2, -0.15) is 0 Å². The van der Waals surface area contributed by atoms with Crippen molar-refractivity contribution in [3.05, 3.63) is 35.1 Å². The molecule has 1 aliphatic rings. The van der Waals surface area contributed by atoms with Gasteiger partial charge in [-0.3, -0.25) is 4.79 Å². The maximum absolute atomic E-state index is 13.0. The van der Waals surface area contributed by atoms with Gasteiger partial charge in [-0.05, 0) is 50.0 Å². The first-order chi connectivity index (χ1) is 9.58. The van der Waals surface area contributed by atoms with Crippen LogP contribution in [-0.2, 0) is 11.3 Å². The van der Waals surface area contributed by atoms with Crippen molar-refractivity contribution in [1.29, 1.82) is 0 Å². The Bertz CT molecular complexity index is 462. The Kier molecular flexibility index (Phi) is 5.00. The molecule has 0 spiro atoms. The number of rotatable bonds is 3. The molecule has 1 saturated heterocycles. The Balaban J connectivity index is 1.92. The van der Waals surface area contributed by atoms with Crippen molar-refractivity contribution in [2.24, 2.45) is 5.92 Å². The van der Waals surface area contributed by atoms with Crippen LogP contribution in [-0.4, -0.2) is 19.0 Å². The van der Waals surface area contributed by atoms with Gasteiger partial charge in [-0.1, -0.05) is 0 Å². The quantitative estimate of drug-likeness (QED) is 0.836. The highest BCUT2D eigenvalue weighted by atomic mass is 19.2. The van der Waals surface area contributed by atoms with Crippen molar-refractivity contribution in [1.82, 2.24) is 10.6 Å². The summed E-state index contributed by atoms with van der Waals surface area (Å²) in [5.74, 6) is -4.19. The molecule has 1 aromatic carbocycles. The van der Waals surface area contributed by atoms with E-state index in [-0.39, 0.29) is 23.9 Å².